The van der Waals surface area contributed by atoms with Gasteiger partial charge in [0.1, 0.15) is 11.8 Å². The maximum Gasteiger partial charge on any atom is 0.315 e. The maximum atomic E-state index is 12.9. The Morgan fingerprint density at radius 2 is 1.57 bits per heavy atom. The van der Waals surface area contributed by atoms with E-state index in [4.69, 9.17) is 4.74 Å². The Hall–Kier alpha value is -3.91. The molecule has 1 N–H and O–H groups in total. The zero-order valence-electron chi connectivity index (χ0n) is 16.1. The summed E-state index contributed by atoms with van der Waals surface area (Å²) < 4.78 is 5.63. The quantitative estimate of drug-likeness (QED) is 0.501. The summed E-state index contributed by atoms with van der Waals surface area (Å²) in [6, 6.07) is 25.9. The van der Waals surface area contributed by atoms with E-state index in [1.54, 1.807) is 12.1 Å². The van der Waals surface area contributed by atoms with Crippen molar-refractivity contribution >= 4 is 11.9 Å². The standard InChI is InChI=1S/C25H19NO4/c26-15-19-12-11-18(16-7-3-1-4-8-16)13-22(19)30-25(29)21-14-20(24(27)28)23(21)17-9-5-2-6-10-17/h1-13,20-21,23H,14H2,(H,27,28)/t20-,21+,23-/m0/s1. The van der Waals surface area contributed by atoms with Gasteiger partial charge in [-0.2, -0.15) is 5.26 Å². The Morgan fingerprint density at radius 1 is 0.900 bits per heavy atom. The Labute approximate surface area is 174 Å². The van der Waals surface area contributed by atoms with Gasteiger partial charge < -0.3 is 9.84 Å². The van der Waals surface area contributed by atoms with E-state index >= 15 is 0 Å². The first-order valence-corrected chi connectivity index (χ1v) is 9.67. The van der Waals surface area contributed by atoms with Gasteiger partial charge >= 0.3 is 11.9 Å². The normalized spacial score (nSPS) is 19.9. The number of carboxylic acid groups (broad SMARTS) is 1. The molecule has 0 amide bonds. The average Bonchev–Trinajstić information content (AvgIpc) is 2.74. The summed E-state index contributed by atoms with van der Waals surface area (Å²) in [5, 5.41) is 18.9. The predicted octanol–water partition coefficient (Wildman–Crippen LogP) is 4.64. The highest BCUT2D eigenvalue weighted by Gasteiger charge is 2.50. The summed E-state index contributed by atoms with van der Waals surface area (Å²) in [6.45, 7) is 0. The van der Waals surface area contributed by atoms with Crippen LogP contribution < -0.4 is 4.74 Å². The molecule has 0 unspecified atom stereocenters. The molecule has 0 spiro atoms. The molecular formula is C25H19NO4. The first-order valence-electron chi connectivity index (χ1n) is 9.67. The fraction of sp³-hybridized carbons (Fsp3) is 0.160. The van der Waals surface area contributed by atoms with Crippen LogP contribution in [0.4, 0.5) is 0 Å². The first-order chi connectivity index (χ1) is 14.6. The highest BCUT2D eigenvalue weighted by Crippen LogP contribution is 2.48. The third-order valence-electron chi connectivity index (χ3n) is 5.60. The Balaban J connectivity index is 1.60. The highest BCUT2D eigenvalue weighted by molar-refractivity contribution is 5.83. The van der Waals surface area contributed by atoms with Gasteiger partial charge in [0.05, 0.1) is 17.4 Å². The fourth-order valence-corrected chi connectivity index (χ4v) is 3.98. The highest BCUT2D eigenvalue weighted by atomic mass is 16.5. The SMILES string of the molecule is N#Cc1ccc(-c2ccccc2)cc1OC(=O)[C@@H]1C[C@H](C(=O)O)[C@@H]1c1ccccc1. The van der Waals surface area contributed by atoms with Gasteiger partial charge in [0.15, 0.2) is 0 Å². The van der Waals surface area contributed by atoms with Gasteiger partial charge in [0.25, 0.3) is 0 Å². The number of nitrogens with zero attached hydrogens (tertiary/aromatic N) is 1. The number of ether oxygens (including phenoxy) is 1. The molecule has 1 aliphatic carbocycles. The second-order valence-electron chi connectivity index (χ2n) is 7.33. The van der Waals surface area contributed by atoms with E-state index in [2.05, 4.69) is 6.07 Å². The number of carboxylic acids is 1. The number of carbonyl (C=O) groups excluding carboxylic acids is 1. The van der Waals surface area contributed by atoms with Crippen LogP contribution in [0.15, 0.2) is 78.9 Å². The minimum atomic E-state index is -0.920. The third-order valence-corrected chi connectivity index (χ3v) is 5.60. The second kappa shape index (κ2) is 8.22. The van der Waals surface area contributed by atoms with Crippen LogP contribution in [-0.2, 0) is 9.59 Å². The summed E-state index contributed by atoms with van der Waals surface area (Å²) in [7, 11) is 0. The van der Waals surface area contributed by atoms with E-state index in [1.165, 1.54) is 0 Å². The maximum absolute atomic E-state index is 12.9. The zero-order valence-corrected chi connectivity index (χ0v) is 16.1. The van der Waals surface area contributed by atoms with Crippen LogP contribution in [0.25, 0.3) is 11.1 Å². The van der Waals surface area contributed by atoms with E-state index in [0.29, 0.717) is 0 Å². The van der Waals surface area contributed by atoms with E-state index in [1.807, 2.05) is 66.7 Å². The molecule has 0 radical (unpaired) electrons. The number of esters is 1. The largest absolute Gasteiger partial charge is 0.481 e. The lowest BCUT2D eigenvalue weighted by Crippen LogP contribution is -2.45. The van der Waals surface area contributed by atoms with Crippen molar-refractivity contribution in [3.63, 3.8) is 0 Å². The zero-order chi connectivity index (χ0) is 21.1. The molecule has 1 aliphatic rings. The summed E-state index contributed by atoms with van der Waals surface area (Å²) >= 11 is 0. The van der Waals surface area contributed by atoms with Crippen molar-refractivity contribution in [2.75, 3.05) is 0 Å². The minimum absolute atomic E-state index is 0.189. The van der Waals surface area contributed by atoms with Crippen molar-refractivity contribution in [3.8, 4) is 22.9 Å². The number of hydrogen-bond acceptors (Lipinski definition) is 4. The molecule has 148 valence electrons. The summed E-state index contributed by atoms with van der Waals surface area (Å²) in [6.07, 6.45) is 0.216. The Bertz CT molecular complexity index is 1120. The monoisotopic (exact) mass is 397 g/mol. The molecule has 1 fully saturated rings. The van der Waals surface area contributed by atoms with E-state index < -0.39 is 29.7 Å². The molecule has 4 rings (SSSR count). The lowest BCUT2D eigenvalue weighted by molar-refractivity contribution is -0.155. The van der Waals surface area contributed by atoms with E-state index in [9.17, 15) is 20.0 Å². The molecule has 0 aliphatic heterocycles. The smallest absolute Gasteiger partial charge is 0.315 e. The van der Waals surface area contributed by atoms with Crippen LogP contribution in [0, 0.1) is 23.2 Å². The number of aliphatic carboxylic acids is 1. The molecular weight excluding hydrogens is 378 g/mol. The van der Waals surface area contributed by atoms with Crippen LogP contribution in [0.3, 0.4) is 0 Å². The molecule has 30 heavy (non-hydrogen) atoms. The van der Waals surface area contributed by atoms with Gasteiger partial charge in [-0.1, -0.05) is 66.7 Å². The van der Waals surface area contributed by atoms with Crippen molar-refractivity contribution in [1.29, 1.82) is 5.26 Å². The summed E-state index contributed by atoms with van der Waals surface area (Å²) in [4.78, 5) is 24.5. The molecule has 3 aromatic rings. The molecule has 5 heteroatoms. The van der Waals surface area contributed by atoms with Crippen molar-refractivity contribution in [2.24, 2.45) is 11.8 Å². The summed E-state index contributed by atoms with van der Waals surface area (Å²) in [5.41, 5.74) is 2.83. The Morgan fingerprint density at radius 3 is 2.20 bits per heavy atom. The van der Waals surface area contributed by atoms with Crippen LogP contribution in [-0.4, -0.2) is 17.0 Å². The van der Waals surface area contributed by atoms with E-state index in [-0.39, 0.29) is 17.7 Å². The lowest BCUT2D eigenvalue weighted by atomic mass is 9.62. The van der Waals surface area contributed by atoms with Crippen molar-refractivity contribution in [1.82, 2.24) is 0 Å². The molecule has 3 aromatic carbocycles. The molecule has 0 heterocycles. The van der Waals surface area contributed by atoms with Crippen molar-refractivity contribution < 1.29 is 19.4 Å². The predicted molar refractivity (Wildman–Crippen MR) is 111 cm³/mol. The van der Waals surface area contributed by atoms with Gasteiger partial charge in [-0.25, -0.2) is 0 Å². The molecule has 0 aromatic heterocycles. The third kappa shape index (κ3) is 3.68. The summed E-state index contributed by atoms with van der Waals surface area (Å²) in [5.74, 6) is -2.88. The minimum Gasteiger partial charge on any atom is -0.481 e. The van der Waals surface area contributed by atoms with Crippen LogP contribution in [0.1, 0.15) is 23.5 Å². The van der Waals surface area contributed by atoms with Gasteiger partial charge in [0, 0.05) is 5.92 Å². The molecule has 0 saturated heterocycles. The van der Waals surface area contributed by atoms with Crippen molar-refractivity contribution in [3.05, 3.63) is 90.0 Å². The van der Waals surface area contributed by atoms with Gasteiger partial charge in [0.2, 0.25) is 0 Å². The molecule has 5 nitrogen and oxygen atoms in total. The van der Waals surface area contributed by atoms with Crippen molar-refractivity contribution in [2.45, 2.75) is 12.3 Å². The lowest BCUT2D eigenvalue weighted by Gasteiger charge is -2.40. The van der Waals surface area contributed by atoms with Gasteiger partial charge in [-0.05, 0) is 35.2 Å². The number of rotatable bonds is 5. The van der Waals surface area contributed by atoms with Crippen LogP contribution in [0.2, 0.25) is 0 Å². The molecule has 1 saturated carbocycles. The van der Waals surface area contributed by atoms with E-state index in [0.717, 1.165) is 16.7 Å². The van der Waals surface area contributed by atoms with Crippen LogP contribution >= 0.6 is 0 Å². The topological polar surface area (TPSA) is 87.4 Å². The average molecular weight is 397 g/mol. The number of carbonyl (C=O) groups is 2. The van der Waals surface area contributed by atoms with Gasteiger partial charge in [-0.15, -0.1) is 0 Å². The molecule has 3 atom stereocenters. The number of hydrogen-bond donors (Lipinski definition) is 1. The first kappa shape index (κ1) is 19.4. The Kier molecular flexibility index (Phi) is 5.32. The number of nitriles is 1. The molecule has 0 bridgehead atoms. The van der Waals surface area contributed by atoms with Gasteiger partial charge in [-0.3, -0.25) is 9.59 Å². The number of benzene rings is 3. The fourth-order valence-electron chi connectivity index (χ4n) is 3.98. The van der Waals surface area contributed by atoms with Crippen LogP contribution in [0.5, 0.6) is 5.75 Å². The second-order valence-corrected chi connectivity index (χ2v) is 7.33.